The van der Waals surface area contributed by atoms with Crippen molar-refractivity contribution in [3.05, 3.63) is 109 Å². The molecule has 0 fully saturated rings. The van der Waals surface area contributed by atoms with E-state index in [1.54, 1.807) is 18.2 Å². The Balaban J connectivity index is 0.00000427. The maximum atomic E-state index is 13.8. The van der Waals surface area contributed by atoms with Crippen LogP contribution in [-0.4, -0.2) is 77.3 Å². The van der Waals surface area contributed by atoms with Crippen LogP contribution in [0, 0.1) is 12.0 Å². The van der Waals surface area contributed by atoms with Gasteiger partial charge in [0.1, 0.15) is 48.8 Å². The predicted molar refractivity (Wildman–Crippen MR) is 308 cm³/mol. The van der Waals surface area contributed by atoms with Crippen molar-refractivity contribution < 1.29 is 239 Å². The minimum atomic E-state index is -5.51. The zero-order valence-electron chi connectivity index (χ0n) is 45.8. The van der Waals surface area contributed by atoms with Gasteiger partial charge in [-0.1, -0.05) is 6.07 Å². The van der Waals surface area contributed by atoms with Crippen LogP contribution in [0.3, 0.4) is 0 Å². The number of nitrogens with one attached hydrogen (secondary N) is 4. The van der Waals surface area contributed by atoms with Gasteiger partial charge in [0.15, 0.2) is 22.2 Å². The van der Waals surface area contributed by atoms with E-state index in [0.29, 0.717) is 46.8 Å². The number of azo groups is 2. The summed E-state index contributed by atoms with van der Waals surface area (Å²) in [5.74, 6) is -2.70. The third kappa shape index (κ3) is 28.6. The van der Waals surface area contributed by atoms with Crippen LogP contribution in [0.1, 0.15) is 0 Å². The predicted octanol–water partition coefficient (Wildman–Crippen LogP) is -8.51. The Morgan fingerprint density at radius 1 is 0.607 bits per heavy atom. The summed E-state index contributed by atoms with van der Waals surface area (Å²) in [6, 6.07) is 19.4. The topological polar surface area (TPSA) is 496 Å². The van der Waals surface area contributed by atoms with Gasteiger partial charge in [-0.3, -0.25) is 19.3 Å². The average Bonchev–Trinajstić information content (AvgIpc) is 3.61. The van der Waals surface area contributed by atoms with Crippen molar-refractivity contribution in [3.8, 4) is 0 Å². The summed E-state index contributed by atoms with van der Waals surface area (Å²) in [6.07, 6.45) is -1.47. The fraction of sp³-hybridized carbons (Fsp3) is 0.0513. The van der Waals surface area contributed by atoms with E-state index in [1.165, 1.54) is 48.5 Å². The monoisotopic (exact) mass is 1640 g/mol. The molecule has 0 aliphatic carbocycles. The number of hydrogen-bond donors (Lipinski definition) is 6. The number of benzene rings is 5. The van der Waals surface area contributed by atoms with Gasteiger partial charge in [0.2, 0.25) is 23.8 Å². The van der Waals surface area contributed by atoms with Gasteiger partial charge in [0.05, 0.1) is 67.4 Å². The standard InChI is InChI=1S/C39H33F2N15O18S6.BH2I2P.5Na/c40-31-18-32(49-36(41)48-31)44-21-7-11-29(79(62,63)64)26(16-21)54-55-27-17-30(80(65,66)67)34(43)35(33(27)42)56-53-25-15-22(6-10-28(25)76-73-70-58)47-39-51-37(50-38(52-39)46-20-2-1-3-23(14-20)75-72-69-57)45-19-4-8-24(9-5-19)78(60,61)13-12-68-77-74-71-59;1-3(2)4;;;;;/h1-11,14-18,57-59H,12-13,42-43H2,(H,44,48,49)(H,62,63,64)(H,65,66,67)(H3,45,46,47,50,51,52);4H2;;;;;/q;;5*+1/p-5. The van der Waals surface area contributed by atoms with Gasteiger partial charge in [0.25, 0.3) is 0 Å². The Morgan fingerprint density at radius 3 is 1.71 bits per heavy atom. The van der Waals surface area contributed by atoms with Crippen molar-refractivity contribution in [2.75, 3.05) is 45.1 Å². The molecule has 33 nitrogen and oxygen atoms in total. The Labute approximate surface area is 646 Å². The maximum absolute atomic E-state index is 13.8. The van der Waals surface area contributed by atoms with Crippen molar-refractivity contribution in [1.82, 2.24) is 24.9 Å². The molecule has 7 rings (SSSR count). The number of nitrogens with zero attached hydrogens (tertiary/aromatic N) is 9. The number of aromatic nitrogens is 5. The van der Waals surface area contributed by atoms with Gasteiger partial charge >= 0.3 is 200 Å². The molecule has 1 unspecified atom stereocenters. The van der Waals surface area contributed by atoms with Gasteiger partial charge in [-0.2, -0.15) is 42.4 Å². The fourth-order valence-corrected chi connectivity index (χ4v) is 9.68. The smallest absolute Gasteiger partial charge is 1.00 e. The van der Waals surface area contributed by atoms with Crippen LogP contribution in [0.25, 0.3) is 0 Å². The molecule has 50 heteroatoms. The Bertz CT molecular complexity index is 3880. The second kappa shape index (κ2) is 42.2. The molecule has 89 heavy (non-hydrogen) atoms. The first-order valence-electron chi connectivity index (χ1n) is 21.4. The molecule has 446 valence electrons. The molecule has 0 saturated carbocycles. The molecule has 1 atom stereocenters. The van der Waals surface area contributed by atoms with E-state index < -0.39 is 107 Å². The van der Waals surface area contributed by atoms with Crippen molar-refractivity contribution in [2.24, 2.45) is 20.5 Å². The number of sulfone groups is 1. The van der Waals surface area contributed by atoms with Crippen LogP contribution in [0.2, 0.25) is 0 Å². The quantitative estimate of drug-likeness (QED) is 0.00226. The van der Waals surface area contributed by atoms with Crippen LogP contribution >= 0.6 is 77.0 Å². The van der Waals surface area contributed by atoms with Gasteiger partial charge in [-0.15, -0.1) is 24.8 Å². The van der Waals surface area contributed by atoms with E-state index >= 15 is 0 Å². The summed E-state index contributed by atoms with van der Waals surface area (Å²) < 4.78 is 145. The Kier molecular flexibility index (Phi) is 41.0. The number of hydrogen-bond acceptors (Lipinski definition) is 36. The van der Waals surface area contributed by atoms with Crippen molar-refractivity contribution in [2.45, 2.75) is 24.5 Å². The third-order valence-corrected chi connectivity index (χ3v) is 14.6. The molecule has 2 aromatic heterocycles. The SMILES string of the molecule is Nc1c(N=Nc2cc(Nc3cc(F)nc(F)n3)ccc2S(=O)(=O)[O-])cc(S(=O)(=O)[O-])c(N)c1N=Nc1cc(Nc2nc(Nc3ccc(S(=O)(=O)CCOSOO[O-])cc3)nc(Nc3cccc(SOO[O-])c3)n2)ccc1SOO[O-].[B]I(P)I.[Na+].[Na+].[Na+].[Na+].[Na+]. The molecule has 2 radical (unpaired) electrons. The molecule has 8 N–H and O–H groups in total. The second-order valence-corrected chi connectivity index (χ2v) is 38.9. The number of nitrogen functional groups attached to an aromatic ring is 2. The van der Waals surface area contributed by atoms with Crippen molar-refractivity contribution >= 4 is 193 Å². The first-order valence-corrected chi connectivity index (χ1v) is 39.8. The van der Waals surface area contributed by atoms with E-state index in [0.717, 1.165) is 18.2 Å². The molecule has 0 amide bonds. The number of anilines is 10. The van der Waals surface area contributed by atoms with Crippen molar-refractivity contribution in [3.63, 3.8) is 0 Å². The maximum Gasteiger partial charge on any atom is 1.00 e. The number of halogens is 4. The van der Waals surface area contributed by atoms with Crippen LogP contribution < -0.4 is 196 Å². The number of nitrogens with two attached hydrogens (primary N) is 2. The van der Waals surface area contributed by atoms with E-state index in [2.05, 4.69) is 120 Å². The molecule has 0 spiro atoms. The third-order valence-electron chi connectivity index (χ3n) is 9.54. The van der Waals surface area contributed by atoms with E-state index in [1.807, 2.05) is 0 Å². The first-order chi connectivity index (χ1) is 39.8. The normalized spacial score (nSPS) is 11.4. The second-order valence-electron chi connectivity index (χ2n) is 15.0. The van der Waals surface area contributed by atoms with Crippen LogP contribution in [-0.2, 0) is 62.4 Å². The van der Waals surface area contributed by atoms with E-state index in [9.17, 15) is 58.9 Å². The van der Waals surface area contributed by atoms with Gasteiger partial charge in [0, 0.05) is 33.7 Å². The Morgan fingerprint density at radius 2 is 1.12 bits per heavy atom. The minimum Gasteiger partial charge on any atom is 1.00 e. The molecular formula is C39H30BF2I2N15Na5O18PS6. The molecule has 0 aliphatic rings. The molecular weight excluding hydrogens is 1610 g/mol. The minimum absolute atomic E-state index is 0. The summed E-state index contributed by atoms with van der Waals surface area (Å²) in [5, 5.41) is 68.1. The molecule has 7 aromatic rings. The molecule has 0 bridgehead atoms. The fourth-order valence-electron chi connectivity index (χ4n) is 6.23. The summed E-state index contributed by atoms with van der Waals surface area (Å²) in [6.45, 7) is 2.21. The van der Waals surface area contributed by atoms with Gasteiger partial charge in [-0.05, 0) is 84.9 Å². The van der Waals surface area contributed by atoms with Crippen LogP contribution in [0.4, 0.5) is 89.3 Å². The Hall–Kier alpha value is -0.575. The number of rotatable bonds is 27. The molecule has 5 aromatic carbocycles. The zero-order chi connectivity index (χ0) is 61.2. The average molecular weight is 1640 g/mol. The van der Waals surface area contributed by atoms with E-state index in [4.69, 9.17) is 21.4 Å². The summed E-state index contributed by atoms with van der Waals surface area (Å²) in [5.41, 5.74) is 14.3. The largest absolute Gasteiger partial charge is 1.00 e. The van der Waals surface area contributed by atoms with Crippen LogP contribution in [0.5, 0.6) is 0 Å². The molecule has 2 heterocycles. The summed E-state index contributed by atoms with van der Waals surface area (Å²) in [7, 11) is -14.7. The molecule has 0 aliphatic heterocycles. The van der Waals surface area contributed by atoms with Gasteiger partial charge in [-0.25, -0.2) is 25.3 Å². The first kappa shape index (κ1) is 86.4. The van der Waals surface area contributed by atoms with Crippen LogP contribution in [0.15, 0.2) is 142 Å². The van der Waals surface area contributed by atoms with E-state index in [-0.39, 0.29) is 217 Å². The van der Waals surface area contributed by atoms with Gasteiger partial charge < -0.3 is 57.6 Å². The zero-order valence-corrected chi connectivity index (χ0v) is 66.2. The molecule has 0 saturated heterocycles. The van der Waals surface area contributed by atoms with Crippen molar-refractivity contribution in [1.29, 1.82) is 0 Å². The summed E-state index contributed by atoms with van der Waals surface area (Å²) in [4.78, 5) is 17.5. The summed E-state index contributed by atoms with van der Waals surface area (Å²) >= 11 is 2.41.